The predicted octanol–water partition coefficient (Wildman–Crippen LogP) is 2.94. The summed E-state index contributed by atoms with van der Waals surface area (Å²) >= 11 is 0.908. The topological polar surface area (TPSA) is 118 Å². The summed E-state index contributed by atoms with van der Waals surface area (Å²) in [5.41, 5.74) is 0.524. The zero-order valence-electron chi connectivity index (χ0n) is 17.8. The first-order valence-corrected chi connectivity index (χ1v) is 10.7. The lowest BCUT2D eigenvalue weighted by atomic mass is 9.78. The van der Waals surface area contributed by atoms with Gasteiger partial charge in [0.25, 0.3) is 0 Å². The minimum absolute atomic E-state index is 0.0140. The maximum atomic E-state index is 14.6. The highest BCUT2D eigenvalue weighted by atomic mass is 32.2. The fourth-order valence-electron chi connectivity index (χ4n) is 3.39. The highest BCUT2D eigenvalue weighted by molar-refractivity contribution is 8.03. The first-order valence-electron chi connectivity index (χ1n) is 9.73. The van der Waals surface area contributed by atoms with Crippen molar-refractivity contribution in [1.29, 1.82) is 5.26 Å². The van der Waals surface area contributed by atoms with Gasteiger partial charge in [-0.25, -0.2) is 4.39 Å². The van der Waals surface area contributed by atoms with Gasteiger partial charge in [0, 0.05) is 11.6 Å². The summed E-state index contributed by atoms with van der Waals surface area (Å²) in [6.07, 6.45) is 0. The number of halogens is 1. The molecule has 0 saturated carbocycles. The molecule has 0 radical (unpaired) electrons. The second-order valence-corrected chi connectivity index (χ2v) is 7.89. The van der Waals surface area contributed by atoms with Crippen LogP contribution in [0.2, 0.25) is 0 Å². The Labute approximate surface area is 193 Å². The maximum Gasteiger partial charge on any atom is 0.319 e. The molecule has 3 rings (SSSR count). The molecule has 1 aliphatic rings. The van der Waals surface area contributed by atoms with E-state index in [1.165, 1.54) is 25.3 Å². The SMILES string of the molecule is COC(=O)[C@H]1C(=O)NC(SCC(=O)Nc2ccc(OC)cc2)=C(C#N)[C@H]1c1ccccc1F. The molecule has 0 bridgehead atoms. The Morgan fingerprint density at radius 1 is 1.18 bits per heavy atom. The number of hydrogen-bond donors (Lipinski definition) is 2. The molecule has 2 N–H and O–H groups in total. The second kappa shape index (κ2) is 10.7. The number of thioether (sulfide) groups is 1. The number of benzene rings is 2. The van der Waals surface area contributed by atoms with E-state index < -0.39 is 29.5 Å². The molecule has 8 nitrogen and oxygen atoms in total. The Morgan fingerprint density at radius 3 is 2.48 bits per heavy atom. The summed E-state index contributed by atoms with van der Waals surface area (Å²) in [6.45, 7) is 0. The summed E-state index contributed by atoms with van der Waals surface area (Å²) in [5, 5.41) is 15.1. The van der Waals surface area contributed by atoms with E-state index in [4.69, 9.17) is 9.47 Å². The van der Waals surface area contributed by atoms with E-state index in [1.807, 2.05) is 6.07 Å². The lowest BCUT2D eigenvalue weighted by molar-refractivity contribution is -0.150. The summed E-state index contributed by atoms with van der Waals surface area (Å²) in [5.74, 6) is -4.83. The van der Waals surface area contributed by atoms with Crippen molar-refractivity contribution in [1.82, 2.24) is 5.32 Å². The molecule has 33 heavy (non-hydrogen) atoms. The number of nitriles is 1. The third-order valence-corrected chi connectivity index (χ3v) is 5.96. The van der Waals surface area contributed by atoms with Crippen molar-refractivity contribution < 1.29 is 28.2 Å². The summed E-state index contributed by atoms with van der Waals surface area (Å²) in [6, 6.07) is 14.3. The van der Waals surface area contributed by atoms with Crippen molar-refractivity contribution in [3.05, 3.63) is 70.5 Å². The van der Waals surface area contributed by atoms with Crippen LogP contribution in [0, 0.1) is 23.1 Å². The molecule has 1 aliphatic heterocycles. The van der Waals surface area contributed by atoms with Gasteiger partial charge < -0.3 is 20.1 Å². The molecule has 0 aromatic heterocycles. The first-order chi connectivity index (χ1) is 15.9. The van der Waals surface area contributed by atoms with Gasteiger partial charge in [0.15, 0.2) is 0 Å². The monoisotopic (exact) mass is 469 g/mol. The molecule has 0 aliphatic carbocycles. The van der Waals surface area contributed by atoms with Crippen molar-refractivity contribution in [2.75, 3.05) is 25.3 Å². The van der Waals surface area contributed by atoms with Crippen molar-refractivity contribution in [2.45, 2.75) is 5.92 Å². The Balaban J connectivity index is 1.87. The molecule has 2 aromatic carbocycles. The van der Waals surface area contributed by atoms with E-state index in [0.29, 0.717) is 11.4 Å². The molecule has 0 fully saturated rings. The van der Waals surface area contributed by atoms with Crippen LogP contribution in [0.3, 0.4) is 0 Å². The van der Waals surface area contributed by atoms with E-state index >= 15 is 0 Å². The number of hydrogen-bond acceptors (Lipinski definition) is 7. The van der Waals surface area contributed by atoms with Gasteiger partial charge in [-0.15, -0.1) is 0 Å². The maximum absolute atomic E-state index is 14.6. The lowest BCUT2D eigenvalue weighted by Gasteiger charge is -2.31. The normalized spacial score (nSPS) is 17.6. The largest absolute Gasteiger partial charge is 0.497 e. The van der Waals surface area contributed by atoms with Crippen molar-refractivity contribution in [2.24, 2.45) is 5.92 Å². The minimum atomic E-state index is -1.45. The number of allylic oxidation sites excluding steroid dienone is 1. The number of ether oxygens (including phenoxy) is 2. The van der Waals surface area contributed by atoms with E-state index in [-0.39, 0.29) is 27.8 Å². The van der Waals surface area contributed by atoms with Crippen LogP contribution in [-0.2, 0) is 19.1 Å². The van der Waals surface area contributed by atoms with Gasteiger partial charge in [-0.05, 0) is 35.9 Å². The zero-order chi connectivity index (χ0) is 24.0. The number of methoxy groups -OCH3 is 2. The van der Waals surface area contributed by atoms with Crippen LogP contribution in [0.1, 0.15) is 11.5 Å². The standard InChI is InChI=1S/C23H20FN3O5S/c1-31-14-9-7-13(8-10-14)26-18(28)12-33-22-16(11-25)19(15-5-3-4-6-17(15)24)20(21(29)27-22)23(30)32-2/h3-10,19-20H,12H2,1-2H3,(H,26,28)(H,27,29)/t19-,20-/m1/s1. The Morgan fingerprint density at radius 2 is 1.88 bits per heavy atom. The highest BCUT2D eigenvalue weighted by Gasteiger charge is 2.45. The molecule has 2 amide bonds. The molecular weight excluding hydrogens is 449 g/mol. The number of nitrogens with zero attached hydrogens (tertiary/aromatic N) is 1. The van der Waals surface area contributed by atoms with Gasteiger partial charge in [0.1, 0.15) is 17.5 Å². The molecule has 0 unspecified atom stereocenters. The fraction of sp³-hybridized carbons (Fsp3) is 0.217. The number of esters is 1. The summed E-state index contributed by atoms with van der Waals surface area (Å²) in [4.78, 5) is 37.5. The average molecular weight is 469 g/mol. The summed E-state index contributed by atoms with van der Waals surface area (Å²) < 4.78 is 24.4. The van der Waals surface area contributed by atoms with Gasteiger partial charge in [-0.1, -0.05) is 30.0 Å². The Kier molecular flexibility index (Phi) is 7.69. The Bertz CT molecular complexity index is 1140. The number of carbonyl (C=O) groups is 3. The van der Waals surface area contributed by atoms with Gasteiger partial charge >= 0.3 is 5.97 Å². The highest BCUT2D eigenvalue weighted by Crippen LogP contribution is 2.41. The van der Waals surface area contributed by atoms with Crippen LogP contribution in [0.4, 0.5) is 10.1 Å². The third kappa shape index (κ3) is 5.32. The number of anilines is 1. The van der Waals surface area contributed by atoms with Crippen LogP contribution in [-0.4, -0.2) is 37.8 Å². The molecular formula is C23H20FN3O5S. The molecule has 2 atom stereocenters. The summed E-state index contributed by atoms with van der Waals surface area (Å²) in [7, 11) is 2.64. The number of amides is 2. The number of rotatable bonds is 7. The van der Waals surface area contributed by atoms with E-state index in [2.05, 4.69) is 10.6 Å². The molecule has 1 heterocycles. The van der Waals surface area contributed by atoms with Gasteiger partial charge in [0.05, 0.1) is 36.6 Å². The molecule has 2 aromatic rings. The molecule has 10 heteroatoms. The van der Waals surface area contributed by atoms with Crippen LogP contribution >= 0.6 is 11.8 Å². The van der Waals surface area contributed by atoms with Crippen molar-refractivity contribution in [3.63, 3.8) is 0 Å². The van der Waals surface area contributed by atoms with Crippen molar-refractivity contribution >= 4 is 35.2 Å². The zero-order valence-corrected chi connectivity index (χ0v) is 18.6. The number of carbonyl (C=O) groups excluding carboxylic acids is 3. The van der Waals surface area contributed by atoms with Crippen LogP contribution < -0.4 is 15.4 Å². The van der Waals surface area contributed by atoms with E-state index in [9.17, 15) is 24.0 Å². The second-order valence-electron chi connectivity index (χ2n) is 6.91. The molecule has 0 spiro atoms. The number of nitrogens with one attached hydrogen (secondary N) is 2. The third-order valence-electron chi connectivity index (χ3n) is 4.95. The van der Waals surface area contributed by atoms with Crippen LogP contribution in [0.5, 0.6) is 5.75 Å². The van der Waals surface area contributed by atoms with Gasteiger partial charge in [-0.2, -0.15) is 5.26 Å². The smallest absolute Gasteiger partial charge is 0.319 e. The van der Waals surface area contributed by atoms with Gasteiger partial charge in [0.2, 0.25) is 11.8 Å². The van der Waals surface area contributed by atoms with Crippen LogP contribution in [0.15, 0.2) is 59.1 Å². The van der Waals surface area contributed by atoms with Crippen LogP contribution in [0.25, 0.3) is 0 Å². The van der Waals surface area contributed by atoms with E-state index in [0.717, 1.165) is 18.9 Å². The van der Waals surface area contributed by atoms with Crippen molar-refractivity contribution in [3.8, 4) is 11.8 Å². The quantitative estimate of drug-likeness (QED) is 0.473. The molecule has 170 valence electrons. The minimum Gasteiger partial charge on any atom is -0.497 e. The first kappa shape index (κ1) is 23.8. The lowest BCUT2D eigenvalue weighted by Crippen LogP contribution is -2.44. The fourth-order valence-corrected chi connectivity index (χ4v) is 4.24. The van der Waals surface area contributed by atoms with E-state index in [1.54, 1.807) is 30.3 Å². The average Bonchev–Trinajstić information content (AvgIpc) is 2.82. The predicted molar refractivity (Wildman–Crippen MR) is 120 cm³/mol. The Hall–Kier alpha value is -3.84. The van der Waals surface area contributed by atoms with Gasteiger partial charge in [-0.3, -0.25) is 14.4 Å². The molecule has 0 saturated heterocycles.